The molecule has 0 amide bonds. The van der Waals surface area contributed by atoms with Gasteiger partial charge in [0.2, 0.25) is 0 Å². The van der Waals surface area contributed by atoms with Crippen LogP contribution in [0, 0.1) is 18.3 Å². The quantitative estimate of drug-likeness (QED) is 0.728. The highest BCUT2D eigenvalue weighted by Crippen LogP contribution is 2.14. The van der Waals surface area contributed by atoms with Crippen LogP contribution in [0.3, 0.4) is 0 Å². The van der Waals surface area contributed by atoms with Crippen molar-refractivity contribution in [3.05, 3.63) is 29.6 Å². The molecule has 0 fully saturated rings. The second kappa shape index (κ2) is 5.32. The zero-order valence-corrected chi connectivity index (χ0v) is 8.07. The number of rotatable bonds is 4. The van der Waals surface area contributed by atoms with Gasteiger partial charge >= 0.3 is 0 Å². The lowest BCUT2D eigenvalue weighted by Gasteiger charge is -2.12. The predicted molar refractivity (Wildman–Crippen MR) is 52.4 cm³/mol. The number of nitrogens with zero attached hydrogens (tertiary/aromatic N) is 2. The molecule has 1 rings (SSSR count). The number of aliphatic hydroxyl groups is 1. The molecule has 0 aromatic carbocycles. The third-order valence-corrected chi connectivity index (χ3v) is 1.98. The summed E-state index contributed by atoms with van der Waals surface area (Å²) in [5, 5.41) is 20.5. The minimum Gasteiger partial charge on any atom is -0.395 e. The van der Waals surface area contributed by atoms with Gasteiger partial charge in [0.25, 0.3) is 0 Å². The van der Waals surface area contributed by atoms with Crippen LogP contribution in [-0.2, 0) is 0 Å². The number of nitriles is 1. The molecule has 0 saturated heterocycles. The lowest BCUT2D eigenvalue weighted by molar-refractivity contribution is 0.289. The second-order valence-corrected chi connectivity index (χ2v) is 2.97. The van der Waals surface area contributed by atoms with Gasteiger partial charge in [-0.25, -0.2) is 0 Å². The average molecular weight is 191 g/mol. The number of aromatic nitrogens is 1. The van der Waals surface area contributed by atoms with E-state index in [0.717, 1.165) is 11.1 Å². The van der Waals surface area contributed by atoms with Gasteiger partial charge in [0.05, 0.1) is 12.7 Å². The second-order valence-electron chi connectivity index (χ2n) is 2.97. The molecule has 1 heterocycles. The van der Waals surface area contributed by atoms with Crippen LogP contribution in [0.2, 0.25) is 0 Å². The molecule has 1 atom stereocenters. The highest BCUT2D eigenvalue weighted by atomic mass is 16.3. The van der Waals surface area contributed by atoms with Crippen molar-refractivity contribution in [3.8, 4) is 6.07 Å². The van der Waals surface area contributed by atoms with Gasteiger partial charge in [0.15, 0.2) is 0 Å². The van der Waals surface area contributed by atoms with Crippen molar-refractivity contribution in [1.82, 2.24) is 10.3 Å². The summed E-state index contributed by atoms with van der Waals surface area (Å²) < 4.78 is 0. The predicted octanol–water partition coefficient (Wildman–Crippen LogP) is 0.537. The minimum absolute atomic E-state index is 0.0253. The van der Waals surface area contributed by atoms with Crippen molar-refractivity contribution < 1.29 is 5.11 Å². The number of aliphatic hydroxyl groups excluding tert-OH is 1. The summed E-state index contributed by atoms with van der Waals surface area (Å²) in [6, 6.07) is 3.60. The van der Waals surface area contributed by atoms with Crippen molar-refractivity contribution in [1.29, 1.82) is 5.26 Å². The molecule has 1 aromatic heterocycles. The Kier molecular flexibility index (Phi) is 4.05. The molecule has 0 aliphatic carbocycles. The molecule has 0 aliphatic heterocycles. The molecule has 0 aliphatic rings. The van der Waals surface area contributed by atoms with Crippen LogP contribution in [0.1, 0.15) is 17.2 Å². The third kappa shape index (κ3) is 2.52. The van der Waals surface area contributed by atoms with Crippen LogP contribution >= 0.6 is 0 Å². The van der Waals surface area contributed by atoms with Crippen LogP contribution < -0.4 is 5.32 Å². The highest BCUT2D eigenvalue weighted by molar-refractivity contribution is 5.28. The fraction of sp³-hybridized carbons (Fsp3) is 0.400. The van der Waals surface area contributed by atoms with Gasteiger partial charge < -0.3 is 5.11 Å². The van der Waals surface area contributed by atoms with Crippen LogP contribution in [-0.4, -0.2) is 23.2 Å². The van der Waals surface area contributed by atoms with Gasteiger partial charge in [-0.3, -0.25) is 10.3 Å². The fourth-order valence-corrected chi connectivity index (χ4v) is 1.21. The molecule has 14 heavy (non-hydrogen) atoms. The molecule has 2 N–H and O–H groups in total. The lowest BCUT2D eigenvalue weighted by Crippen LogP contribution is -2.24. The standard InChI is InChI=1S/C10H13N3O/c1-8-2-3-12-7-9(8)10(6-11)13-4-5-14/h2-3,7,10,13-14H,4-5H2,1H3. The number of pyridine rings is 1. The Hall–Kier alpha value is -1.44. The maximum Gasteiger partial charge on any atom is 0.123 e. The van der Waals surface area contributed by atoms with E-state index in [1.165, 1.54) is 0 Å². The van der Waals surface area contributed by atoms with E-state index >= 15 is 0 Å². The Morgan fingerprint density at radius 2 is 2.50 bits per heavy atom. The largest absolute Gasteiger partial charge is 0.395 e. The van der Waals surface area contributed by atoms with Crippen molar-refractivity contribution in [2.24, 2.45) is 0 Å². The Morgan fingerprint density at radius 3 is 3.07 bits per heavy atom. The Labute approximate surface area is 83.2 Å². The molecule has 1 aromatic rings. The molecule has 4 nitrogen and oxygen atoms in total. The molecule has 4 heteroatoms. The Balaban J connectivity index is 2.80. The summed E-state index contributed by atoms with van der Waals surface area (Å²) in [6.07, 6.45) is 3.37. The van der Waals surface area contributed by atoms with Gasteiger partial charge in [-0.1, -0.05) is 0 Å². The maximum atomic E-state index is 8.91. The lowest BCUT2D eigenvalue weighted by atomic mass is 10.1. The van der Waals surface area contributed by atoms with Crippen molar-refractivity contribution in [2.45, 2.75) is 13.0 Å². The summed E-state index contributed by atoms with van der Waals surface area (Å²) in [6.45, 7) is 2.37. The normalized spacial score (nSPS) is 12.1. The molecule has 0 saturated carbocycles. The Bertz CT molecular complexity index is 332. The number of nitrogens with one attached hydrogen (secondary N) is 1. The van der Waals surface area contributed by atoms with E-state index in [9.17, 15) is 0 Å². The minimum atomic E-state index is -0.393. The first-order valence-corrected chi connectivity index (χ1v) is 4.44. The number of hydrogen-bond donors (Lipinski definition) is 2. The first-order valence-electron chi connectivity index (χ1n) is 4.44. The molecule has 1 unspecified atom stereocenters. The van der Waals surface area contributed by atoms with Crippen LogP contribution in [0.5, 0.6) is 0 Å². The molecule has 74 valence electrons. The van der Waals surface area contributed by atoms with Gasteiger partial charge in [0.1, 0.15) is 6.04 Å². The molecule has 0 spiro atoms. The van der Waals surface area contributed by atoms with Gasteiger partial charge in [0, 0.05) is 24.5 Å². The maximum absolute atomic E-state index is 8.91. The smallest absolute Gasteiger partial charge is 0.123 e. The van der Waals surface area contributed by atoms with E-state index in [4.69, 9.17) is 10.4 Å². The first kappa shape index (κ1) is 10.6. The topological polar surface area (TPSA) is 68.9 Å². The molecular formula is C10H13N3O. The SMILES string of the molecule is Cc1ccncc1C(C#N)NCCO. The zero-order valence-electron chi connectivity index (χ0n) is 8.07. The summed E-state index contributed by atoms with van der Waals surface area (Å²) in [4.78, 5) is 3.97. The van der Waals surface area contributed by atoms with Crippen molar-refractivity contribution >= 4 is 0 Å². The number of aryl methyl sites for hydroxylation is 1. The van der Waals surface area contributed by atoms with Crippen LogP contribution in [0.25, 0.3) is 0 Å². The van der Waals surface area contributed by atoms with E-state index in [-0.39, 0.29) is 6.61 Å². The van der Waals surface area contributed by atoms with E-state index in [1.807, 2.05) is 13.0 Å². The van der Waals surface area contributed by atoms with Gasteiger partial charge in [-0.2, -0.15) is 5.26 Å². The van der Waals surface area contributed by atoms with Crippen molar-refractivity contribution in [2.75, 3.05) is 13.2 Å². The van der Waals surface area contributed by atoms with Gasteiger partial charge in [-0.15, -0.1) is 0 Å². The van der Waals surface area contributed by atoms with E-state index in [2.05, 4.69) is 16.4 Å². The molecule has 0 radical (unpaired) electrons. The number of hydrogen-bond acceptors (Lipinski definition) is 4. The molecular weight excluding hydrogens is 178 g/mol. The summed E-state index contributed by atoms with van der Waals surface area (Å²) in [5.74, 6) is 0. The van der Waals surface area contributed by atoms with Crippen LogP contribution in [0.15, 0.2) is 18.5 Å². The summed E-state index contributed by atoms with van der Waals surface area (Å²) in [7, 11) is 0. The van der Waals surface area contributed by atoms with Gasteiger partial charge in [-0.05, 0) is 18.6 Å². The molecule has 0 bridgehead atoms. The zero-order chi connectivity index (χ0) is 10.4. The third-order valence-electron chi connectivity index (χ3n) is 1.98. The van der Waals surface area contributed by atoms with E-state index < -0.39 is 6.04 Å². The fourth-order valence-electron chi connectivity index (χ4n) is 1.21. The summed E-state index contributed by atoms with van der Waals surface area (Å²) in [5.41, 5.74) is 1.89. The average Bonchev–Trinajstić information content (AvgIpc) is 2.21. The highest BCUT2D eigenvalue weighted by Gasteiger charge is 2.11. The Morgan fingerprint density at radius 1 is 1.71 bits per heavy atom. The summed E-state index contributed by atoms with van der Waals surface area (Å²) >= 11 is 0. The monoisotopic (exact) mass is 191 g/mol. The van der Waals surface area contributed by atoms with Crippen molar-refractivity contribution in [3.63, 3.8) is 0 Å². The van der Waals surface area contributed by atoms with E-state index in [0.29, 0.717) is 6.54 Å². The van der Waals surface area contributed by atoms with E-state index in [1.54, 1.807) is 12.4 Å². The van der Waals surface area contributed by atoms with Crippen LogP contribution in [0.4, 0.5) is 0 Å². The first-order chi connectivity index (χ1) is 6.79.